The van der Waals surface area contributed by atoms with E-state index in [0.717, 1.165) is 17.1 Å². The van der Waals surface area contributed by atoms with Crippen molar-refractivity contribution in [2.45, 2.75) is 6.18 Å². The third-order valence-corrected chi connectivity index (χ3v) is 4.98. The van der Waals surface area contributed by atoms with Gasteiger partial charge in [0, 0.05) is 35.3 Å². The maximum absolute atomic E-state index is 13.3. The molecule has 158 valence electrons. The Morgan fingerprint density at radius 3 is 2.50 bits per heavy atom. The summed E-state index contributed by atoms with van der Waals surface area (Å²) in [6.07, 6.45) is 0.0597. The summed E-state index contributed by atoms with van der Waals surface area (Å²) < 4.78 is 39.9. The number of nitrogens with one attached hydrogen (secondary N) is 2. The Balaban J connectivity index is 1.48. The lowest BCUT2D eigenvalue weighted by Crippen LogP contribution is -2.13. The molecule has 0 spiro atoms. The zero-order valence-corrected chi connectivity index (χ0v) is 16.3. The fraction of sp³-hybridized carbons (Fsp3) is 0.0435. The van der Waals surface area contributed by atoms with Gasteiger partial charge in [-0.05, 0) is 36.4 Å². The van der Waals surface area contributed by atoms with Gasteiger partial charge in [0.2, 0.25) is 0 Å². The van der Waals surface area contributed by atoms with Crippen LogP contribution in [0.3, 0.4) is 0 Å². The third-order valence-electron chi connectivity index (χ3n) is 4.98. The first kappa shape index (κ1) is 19.7. The van der Waals surface area contributed by atoms with Gasteiger partial charge in [-0.15, -0.1) is 0 Å². The molecule has 0 aliphatic carbocycles. The molecule has 0 saturated heterocycles. The molecule has 0 atom stereocenters. The summed E-state index contributed by atoms with van der Waals surface area (Å²) in [6.45, 7) is 0. The number of aromatic amines is 2. The van der Waals surface area contributed by atoms with E-state index < -0.39 is 23.1 Å². The van der Waals surface area contributed by atoms with Crippen LogP contribution >= 0.6 is 0 Å². The predicted octanol–water partition coefficient (Wildman–Crippen LogP) is 5.26. The van der Waals surface area contributed by atoms with Gasteiger partial charge in [0.15, 0.2) is 17.4 Å². The number of hydrogen-bond acceptors (Lipinski definition) is 4. The topological polar surface area (TPSA) is 87.3 Å². The zero-order valence-electron chi connectivity index (χ0n) is 16.3. The smallest absolute Gasteiger partial charge is 0.358 e. The molecule has 3 aromatic heterocycles. The molecule has 0 unspecified atom stereocenters. The van der Waals surface area contributed by atoms with Crippen molar-refractivity contribution in [2.24, 2.45) is 0 Å². The van der Waals surface area contributed by atoms with Crippen LogP contribution in [0.4, 0.5) is 13.2 Å². The van der Waals surface area contributed by atoms with E-state index in [-0.39, 0.29) is 5.56 Å². The lowest BCUT2D eigenvalue weighted by molar-refractivity contribution is -0.137. The second-order valence-corrected chi connectivity index (χ2v) is 7.06. The number of H-pyrrole nitrogens is 2. The van der Waals surface area contributed by atoms with E-state index in [4.69, 9.17) is 0 Å². The van der Waals surface area contributed by atoms with E-state index >= 15 is 0 Å². The number of fused-ring (bicyclic) bond motifs is 1. The normalized spacial score (nSPS) is 11.7. The maximum Gasteiger partial charge on any atom is 0.417 e. The molecule has 0 saturated carbocycles. The van der Waals surface area contributed by atoms with E-state index in [1.165, 1.54) is 30.5 Å². The standard InChI is InChI=1S/C23H14F3N5O/c24-23(25,26)16-5-2-1-4-15(16)20(32)14-11-19(29-12-14)22-30-17-7-6-13(10-18(17)31-22)21-27-8-3-9-28-21/h1-12,29H,(H,30,31). The van der Waals surface area contributed by atoms with Crippen molar-refractivity contribution in [3.63, 3.8) is 0 Å². The van der Waals surface area contributed by atoms with Crippen molar-refractivity contribution >= 4 is 16.8 Å². The van der Waals surface area contributed by atoms with E-state index in [0.29, 0.717) is 22.9 Å². The number of nitrogens with zero attached hydrogens (tertiary/aromatic N) is 3. The van der Waals surface area contributed by atoms with Crippen LogP contribution in [-0.2, 0) is 6.18 Å². The van der Waals surface area contributed by atoms with Gasteiger partial charge in [-0.1, -0.05) is 18.2 Å². The Hall–Kier alpha value is -4.27. The second-order valence-electron chi connectivity index (χ2n) is 7.06. The minimum absolute atomic E-state index is 0.107. The molecule has 0 fully saturated rings. The van der Waals surface area contributed by atoms with Crippen molar-refractivity contribution in [3.05, 3.63) is 89.9 Å². The van der Waals surface area contributed by atoms with Crippen molar-refractivity contribution in [1.82, 2.24) is 24.9 Å². The number of ketones is 1. The molecular formula is C23H14F3N5O. The zero-order chi connectivity index (χ0) is 22.3. The Bertz CT molecular complexity index is 1440. The fourth-order valence-electron chi connectivity index (χ4n) is 3.47. The lowest BCUT2D eigenvalue weighted by atomic mass is 9.99. The third kappa shape index (κ3) is 3.53. The number of hydrogen-bond donors (Lipinski definition) is 2. The van der Waals surface area contributed by atoms with Crippen LogP contribution in [-0.4, -0.2) is 30.7 Å². The molecule has 32 heavy (non-hydrogen) atoms. The summed E-state index contributed by atoms with van der Waals surface area (Å²) in [5, 5.41) is 0. The maximum atomic E-state index is 13.3. The van der Waals surface area contributed by atoms with E-state index in [1.807, 2.05) is 18.2 Å². The summed E-state index contributed by atoms with van der Waals surface area (Å²) in [5.41, 5.74) is 1.44. The van der Waals surface area contributed by atoms with E-state index in [2.05, 4.69) is 24.9 Å². The SMILES string of the molecule is O=C(c1c[nH]c(-c2nc3ccc(-c4ncccn4)cc3[nH]2)c1)c1ccccc1C(F)(F)F. The van der Waals surface area contributed by atoms with Gasteiger partial charge in [0.05, 0.1) is 22.3 Å². The Kier molecular flexibility index (Phi) is 4.58. The summed E-state index contributed by atoms with van der Waals surface area (Å²) in [6, 6.07) is 13.5. The molecule has 6 nitrogen and oxygen atoms in total. The first-order chi connectivity index (χ1) is 15.4. The Morgan fingerprint density at radius 2 is 1.72 bits per heavy atom. The second kappa shape index (κ2) is 7.45. The Morgan fingerprint density at radius 1 is 0.938 bits per heavy atom. The number of aromatic nitrogens is 5. The molecule has 5 rings (SSSR count). The highest BCUT2D eigenvalue weighted by atomic mass is 19.4. The number of carbonyl (C=O) groups is 1. The number of rotatable bonds is 4. The van der Waals surface area contributed by atoms with E-state index in [1.54, 1.807) is 18.5 Å². The first-order valence-corrected chi connectivity index (χ1v) is 9.57. The van der Waals surface area contributed by atoms with Crippen molar-refractivity contribution in [3.8, 4) is 22.9 Å². The average Bonchev–Trinajstić information content (AvgIpc) is 3.45. The van der Waals surface area contributed by atoms with Crippen LogP contribution < -0.4 is 0 Å². The van der Waals surface area contributed by atoms with Crippen LogP contribution in [0.5, 0.6) is 0 Å². The molecule has 2 aromatic carbocycles. The minimum atomic E-state index is -4.62. The minimum Gasteiger partial charge on any atom is -0.358 e. The van der Waals surface area contributed by atoms with Gasteiger partial charge in [-0.3, -0.25) is 4.79 Å². The predicted molar refractivity (Wildman–Crippen MR) is 112 cm³/mol. The summed E-state index contributed by atoms with van der Waals surface area (Å²) in [7, 11) is 0. The quantitative estimate of drug-likeness (QED) is 0.378. The van der Waals surface area contributed by atoms with Crippen molar-refractivity contribution in [2.75, 3.05) is 0 Å². The van der Waals surface area contributed by atoms with E-state index in [9.17, 15) is 18.0 Å². The summed E-state index contributed by atoms with van der Waals surface area (Å²) >= 11 is 0. The summed E-state index contributed by atoms with van der Waals surface area (Å²) in [5.74, 6) is 0.302. The number of alkyl halides is 3. The molecule has 5 aromatic rings. The van der Waals surface area contributed by atoms with Gasteiger partial charge >= 0.3 is 6.18 Å². The van der Waals surface area contributed by atoms with Crippen LogP contribution in [0.1, 0.15) is 21.5 Å². The molecule has 0 aliphatic rings. The molecule has 3 heterocycles. The van der Waals surface area contributed by atoms with Crippen LogP contribution in [0, 0.1) is 0 Å². The first-order valence-electron chi connectivity index (χ1n) is 9.57. The fourth-order valence-corrected chi connectivity index (χ4v) is 3.47. The van der Waals surface area contributed by atoms with Crippen LogP contribution in [0.25, 0.3) is 33.9 Å². The van der Waals surface area contributed by atoms with Crippen LogP contribution in [0.15, 0.2) is 73.2 Å². The number of benzene rings is 2. The largest absolute Gasteiger partial charge is 0.417 e. The molecule has 2 N–H and O–H groups in total. The van der Waals surface area contributed by atoms with Gasteiger partial charge in [0.1, 0.15) is 0 Å². The van der Waals surface area contributed by atoms with Gasteiger partial charge in [0.25, 0.3) is 0 Å². The van der Waals surface area contributed by atoms with Gasteiger partial charge < -0.3 is 9.97 Å². The molecule has 0 radical (unpaired) electrons. The Labute approximate surface area is 179 Å². The van der Waals surface area contributed by atoms with Gasteiger partial charge in [-0.2, -0.15) is 13.2 Å². The average molecular weight is 433 g/mol. The van der Waals surface area contributed by atoms with Crippen LogP contribution in [0.2, 0.25) is 0 Å². The van der Waals surface area contributed by atoms with Crippen molar-refractivity contribution < 1.29 is 18.0 Å². The molecule has 0 amide bonds. The number of imidazole rings is 1. The monoisotopic (exact) mass is 433 g/mol. The number of halogens is 3. The lowest BCUT2D eigenvalue weighted by Gasteiger charge is -2.10. The molecular weight excluding hydrogens is 419 g/mol. The van der Waals surface area contributed by atoms with Crippen molar-refractivity contribution in [1.29, 1.82) is 0 Å². The highest BCUT2D eigenvalue weighted by Gasteiger charge is 2.35. The highest BCUT2D eigenvalue weighted by molar-refractivity contribution is 6.10. The summed E-state index contributed by atoms with van der Waals surface area (Å²) in [4.78, 5) is 31.8. The molecule has 9 heteroatoms. The molecule has 0 aliphatic heterocycles. The highest BCUT2D eigenvalue weighted by Crippen LogP contribution is 2.33. The van der Waals surface area contributed by atoms with Gasteiger partial charge in [-0.25, -0.2) is 15.0 Å². The molecule has 0 bridgehead atoms. The number of carbonyl (C=O) groups excluding carboxylic acids is 1.